The molecule has 1 unspecified atom stereocenters. The van der Waals surface area contributed by atoms with Gasteiger partial charge in [-0.1, -0.05) is 13.3 Å². The first-order valence-electron chi connectivity index (χ1n) is 4.32. The van der Waals surface area contributed by atoms with Crippen LogP contribution in [-0.4, -0.2) is 11.1 Å². The maximum atomic E-state index is 10.5. The van der Waals surface area contributed by atoms with Crippen LogP contribution in [0.25, 0.3) is 0 Å². The zero-order valence-corrected chi connectivity index (χ0v) is 7.42. The van der Waals surface area contributed by atoms with Crippen LogP contribution in [0.1, 0.15) is 39.0 Å². The second-order valence-corrected chi connectivity index (χ2v) is 2.85. The van der Waals surface area contributed by atoms with Crippen LogP contribution in [0.2, 0.25) is 0 Å². The van der Waals surface area contributed by atoms with Crippen molar-refractivity contribution in [3.8, 4) is 6.07 Å². The molecular weight excluding hydrogens is 154 g/mol. The van der Waals surface area contributed by atoms with E-state index in [9.17, 15) is 4.79 Å². The van der Waals surface area contributed by atoms with E-state index in [4.69, 9.17) is 10.4 Å². The Morgan fingerprint density at radius 1 is 1.58 bits per heavy atom. The minimum atomic E-state index is -0.713. The summed E-state index contributed by atoms with van der Waals surface area (Å²) in [4.78, 5) is 10.5. The summed E-state index contributed by atoms with van der Waals surface area (Å²) in [5, 5.41) is 16.9. The Bertz CT molecular complexity index is 172. The maximum Gasteiger partial charge on any atom is 0.306 e. The second kappa shape index (κ2) is 6.66. The minimum absolute atomic E-state index is 0.219. The minimum Gasteiger partial charge on any atom is -0.481 e. The molecule has 0 saturated carbocycles. The summed E-state index contributed by atoms with van der Waals surface area (Å²) in [5.41, 5.74) is 0. The van der Waals surface area contributed by atoms with Crippen molar-refractivity contribution in [1.82, 2.24) is 0 Å². The van der Waals surface area contributed by atoms with E-state index in [1.165, 1.54) is 0 Å². The van der Waals surface area contributed by atoms with Crippen LogP contribution >= 0.6 is 0 Å². The van der Waals surface area contributed by atoms with E-state index in [-0.39, 0.29) is 5.92 Å². The highest BCUT2D eigenvalue weighted by atomic mass is 16.4. The molecule has 3 heteroatoms. The highest BCUT2D eigenvalue weighted by Gasteiger charge is 2.13. The molecule has 0 amide bonds. The fourth-order valence-electron chi connectivity index (χ4n) is 1.10. The average Bonchev–Trinajstić information content (AvgIpc) is 2.04. The predicted molar refractivity (Wildman–Crippen MR) is 45.5 cm³/mol. The number of unbranched alkanes of at least 4 members (excludes halogenated alkanes) is 2. The van der Waals surface area contributed by atoms with Gasteiger partial charge in [-0.05, 0) is 19.3 Å². The molecule has 0 fully saturated rings. The summed E-state index contributed by atoms with van der Waals surface area (Å²) in [6.07, 6.45) is 3.59. The van der Waals surface area contributed by atoms with E-state index in [1.54, 1.807) is 0 Å². The molecule has 1 atom stereocenters. The summed E-state index contributed by atoms with van der Waals surface area (Å²) in [7, 11) is 0. The van der Waals surface area contributed by atoms with Crippen LogP contribution in [0, 0.1) is 17.2 Å². The molecule has 0 spiro atoms. The number of rotatable bonds is 6. The van der Waals surface area contributed by atoms with Crippen molar-refractivity contribution in [3.05, 3.63) is 0 Å². The molecule has 0 aliphatic carbocycles. The molecule has 0 aromatic carbocycles. The third kappa shape index (κ3) is 4.73. The average molecular weight is 169 g/mol. The quantitative estimate of drug-likeness (QED) is 0.620. The van der Waals surface area contributed by atoms with E-state index < -0.39 is 5.97 Å². The molecule has 0 radical (unpaired) electrons. The second-order valence-electron chi connectivity index (χ2n) is 2.85. The Hall–Kier alpha value is -1.04. The summed E-state index contributed by atoms with van der Waals surface area (Å²) < 4.78 is 0. The Kier molecular flexibility index (Phi) is 6.08. The first-order valence-corrected chi connectivity index (χ1v) is 4.32. The lowest BCUT2D eigenvalue weighted by molar-refractivity contribution is -0.142. The Morgan fingerprint density at radius 3 is 2.67 bits per heavy atom. The third-order valence-corrected chi connectivity index (χ3v) is 1.93. The number of hydrogen-bond acceptors (Lipinski definition) is 2. The molecule has 0 rings (SSSR count). The first-order chi connectivity index (χ1) is 5.72. The van der Waals surface area contributed by atoms with Gasteiger partial charge in [-0.25, -0.2) is 0 Å². The Labute approximate surface area is 73.0 Å². The molecule has 0 aliphatic rings. The van der Waals surface area contributed by atoms with Crippen molar-refractivity contribution in [2.45, 2.75) is 39.0 Å². The molecule has 1 N–H and O–H groups in total. The van der Waals surface area contributed by atoms with Gasteiger partial charge in [0.25, 0.3) is 0 Å². The van der Waals surface area contributed by atoms with Gasteiger partial charge >= 0.3 is 5.97 Å². The van der Waals surface area contributed by atoms with Crippen LogP contribution in [0.4, 0.5) is 0 Å². The molecule has 0 saturated heterocycles. The number of hydrogen-bond donors (Lipinski definition) is 1. The van der Waals surface area contributed by atoms with Crippen molar-refractivity contribution in [2.75, 3.05) is 0 Å². The molecular formula is C9H15NO2. The molecule has 0 aliphatic heterocycles. The van der Waals surface area contributed by atoms with Gasteiger partial charge in [0.1, 0.15) is 0 Å². The van der Waals surface area contributed by atoms with E-state index in [0.717, 1.165) is 12.8 Å². The molecule has 3 nitrogen and oxygen atoms in total. The van der Waals surface area contributed by atoms with Crippen molar-refractivity contribution < 1.29 is 9.90 Å². The van der Waals surface area contributed by atoms with Crippen LogP contribution in [0.3, 0.4) is 0 Å². The van der Waals surface area contributed by atoms with E-state index in [2.05, 4.69) is 0 Å². The van der Waals surface area contributed by atoms with Gasteiger partial charge in [0, 0.05) is 6.42 Å². The van der Waals surface area contributed by atoms with Crippen molar-refractivity contribution in [3.63, 3.8) is 0 Å². The molecule has 0 heterocycles. The standard InChI is InChI=1S/C9H15NO2/c1-2-8(9(11)12)6-4-3-5-7-10/h8H,2-6H2,1H3,(H,11,12). The van der Waals surface area contributed by atoms with Gasteiger partial charge in [0.2, 0.25) is 0 Å². The number of carboxylic acid groups (broad SMARTS) is 1. The van der Waals surface area contributed by atoms with E-state index in [1.807, 2.05) is 13.0 Å². The number of carbonyl (C=O) groups is 1. The highest BCUT2D eigenvalue weighted by molar-refractivity contribution is 5.69. The molecule has 0 aromatic heterocycles. The summed E-state index contributed by atoms with van der Waals surface area (Å²) in [6, 6.07) is 2.04. The zero-order chi connectivity index (χ0) is 9.40. The Balaban J connectivity index is 3.46. The van der Waals surface area contributed by atoms with Crippen molar-refractivity contribution >= 4 is 5.97 Å². The normalized spacial score (nSPS) is 12.0. The van der Waals surface area contributed by atoms with Gasteiger partial charge in [-0.3, -0.25) is 4.79 Å². The van der Waals surface area contributed by atoms with E-state index >= 15 is 0 Å². The fraction of sp³-hybridized carbons (Fsp3) is 0.778. The fourth-order valence-corrected chi connectivity index (χ4v) is 1.10. The van der Waals surface area contributed by atoms with Crippen LogP contribution < -0.4 is 0 Å². The zero-order valence-electron chi connectivity index (χ0n) is 7.42. The van der Waals surface area contributed by atoms with Crippen LogP contribution in [-0.2, 0) is 4.79 Å². The smallest absolute Gasteiger partial charge is 0.306 e. The first kappa shape index (κ1) is 11.0. The highest BCUT2D eigenvalue weighted by Crippen LogP contribution is 2.13. The largest absolute Gasteiger partial charge is 0.481 e. The van der Waals surface area contributed by atoms with Gasteiger partial charge in [-0.2, -0.15) is 5.26 Å². The lowest BCUT2D eigenvalue weighted by atomic mass is 9.99. The van der Waals surface area contributed by atoms with E-state index in [0.29, 0.717) is 19.3 Å². The van der Waals surface area contributed by atoms with Crippen LogP contribution in [0.5, 0.6) is 0 Å². The number of nitriles is 1. The van der Waals surface area contributed by atoms with Crippen LogP contribution in [0.15, 0.2) is 0 Å². The summed E-state index contributed by atoms with van der Waals surface area (Å²) in [6.45, 7) is 1.88. The van der Waals surface area contributed by atoms with Gasteiger partial charge in [0.15, 0.2) is 0 Å². The molecule has 68 valence electrons. The summed E-state index contributed by atoms with van der Waals surface area (Å²) >= 11 is 0. The summed E-state index contributed by atoms with van der Waals surface area (Å²) in [5.74, 6) is -0.932. The predicted octanol–water partition coefficient (Wildman–Crippen LogP) is 2.18. The lowest BCUT2D eigenvalue weighted by Gasteiger charge is -2.07. The van der Waals surface area contributed by atoms with Crippen molar-refractivity contribution in [1.29, 1.82) is 5.26 Å². The number of aliphatic carboxylic acids is 1. The Morgan fingerprint density at radius 2 is 2.25 bits per heavy atom. The van der Waals surface area contributed by atoms with Gasteiger partial charge < -0.3 is 5.11 Å². The third-order valence-electron chi connectivity index (χ3n) is 1.93. The number of nitrogens with zero attached hydrogens (tertiary/aromatic N) is 1. The maximum absolute atomic E-state index is 10.5. The topological polar surface area (TPSA) is 61.1 Å². The molecule has 0 aromatic rings. The van der Waals surface area contributed by atoms with Gasteiger partial charge in [0.05, 0.1) is 12.0 Å². The molecule has 0 bridgehead atoms. The lowest BCUT2D eigenvalue weighted by Crippen LogP contribution is -2.12. The monoisotopic (exact) mass is 169 g/mol. The van der Waals surface area contributed by atoms with Gasteiger partial charge in [-0.15, -0.1) is 0 Å². The molecule has 12 heavy (non-hydrogen) atoms. The number of carboxylic acids is 1. The van der Waals surface area contributed by atoms with Crippen molar-refractivity contribution in [2.24, 2.45) is 5.92 Å². The SMILES string of the molecule is CCC(CCCCC#N)C(=O)O.